The predicted molar refractivity (Wildman–Crippen MR) is 94.8 cm³/mol. The Bertz CT molecular complexity index is 614. The number of rotatable bonds is 3. The average Bonchev–Trinajstić information content (AvgIpc) is 2.53. The van der Waals surface area contributed by atoms with E-state index in [1.807, 2.05) is 11.9 Å². The first-order valence-electron chi connectivity index (χ1n) is 8.75. The summed E-state index contributed by atoms with van der Waals surface area (Å²) in [5, 5.41) is 2.70. The normalized spacial score (nSPS) is 16.6. The molecule has 0 atom stereocenters. The highest BCUT2D eigenvalue weighted by atomic mass is 19.4. The lowest BCUT2D eigenvalue weighted by Gasteiger charge is -2.34. The van der Waals surface area contributed by atoms with Crippen molar-refractivity contribution in [3.05, 3.63) is 23.8 Å². The van der Waals surface area contributed by atoms with Gasteiger partial charge in [-0.2, -0.15) is 13.2 Å². The molecule has 1 N–H and O–H groups in total. The van der Waals surface area contributed by atoms with Crippen LogP contribution in [0.15, 0.2) is 18.2 Å². The molecule has 3 nitrogen and oxygen atoms in total. The summed E-state index contributed by atoms with van der Waals surface area (Å²) in [7, 11) is 1.89. The van der Waals surface area contributed by atoms with Crippen LogP contribution in [0.2, 0.25) is 0 Å². The molecule has 1 amide bonds. The Hall–Kier alpha value is -1.72. The molecule has 1 aromatic carbocycles. The van der Waals surface area contributed by atoms with Gasteiger partial charge in [-0.3, -0.25) is 4.79 Å². The number of alkyl halides is 3. The smallest absolute Gasteiger partial charge is 0.370 e. The van der Waals surface area contributed by atoms with Crippen LogP contribution in [0.1, 0.15) is 58.4 Å². The Kier molecular flexibility index (Phi) is 5.69. The van der Waals surface area contributed by atoms with Crippen molar-refractivity contribution in [1.82, 2.24) is 0 Å². The van der Waals surface area contributed by atoms with E-state index in [2.05, 4.69) is 5.32 Å². The molecular formula is C19H27F3N2O. The van der Waals surface area contributed by atoms with E-state index in [1.165, 1.54) is 12.5 Å². The first-order chi connectivity index (χ1) is 11.5. The predicted octanol–water partition coefficient (Wildman–Crippen LogP) is 5.46. The largest absolute Gasteiger partial charge is 0.416 e. The summed E-state index contributed by atoms with van der Waals surface area (Å²) in [6.45, 7) is 5.21. The molecule has 1 aromatic rings. The summed E-state index contributed by atoms with van der Waals surface area (Å²) >= 11 is 0. The first-order valence-corrected chi connectivity index (χ1v) is 8.75. The van der Waals surface area contributed by atoms with Gasteiger partial charge in [0.15, 0.2) is 0 Å². The highest BCUT2D eigenvalue weighted by molar-refractivity contribution is 5.97. The van der Waals surface area contributed by atoms with E-state index in [0.29, 0.717) is 5.69 Å². The minimum atomic E-state index is -4.44. The van der Waals surface area contributed by atoms with Crippen molar-refractivity contribution in [3.8, 4) is 0 Å². The molecule has 140 valence electrons. The van der Waals surface area contributed by atoms with Crippen LogP contribution in [-0.4, -0.2) is 19.0 Å². The highest BCUT2D eigenvalue weighted by Crippen LogP contribution is 2.37. The van der Waals surface area contributed by atoms with E-state index in [4.69, 9.17) is 0 Å². The van der Waals surface area contributed by atoms with Crippen molar-refractivity contribution in [3.63, 3.8) is 0 Å². The van der Waals surface area contributed by atoms with E-state index in [-0.39, 0.29) is 17.6 Å². The lowest BCUT2D eigenvalue weighted by atomic mass is 9.93. The van der Waals surface area contributed by atoms with Gasteiger partial charge >= 0.3 is 6.18 Å². The summed E-state index contributed by atoms with van der Waals surface area (Å²) in [6, 6.07) is 3.88. The summed E-state index contributed by atoms with van der Waals surface area (Å²) in [5.41, 5.74) is -0.576. The number of benzene rings is 1. The van der Waals surface area contributed by atoms with Crippen LogP contribution < -0.4 is 10.2 Å². The molecule has 0 aromatic heterocycles. The van der Waals surface area contributed by atoms with Gasteiger partial charge in [0.05, 0.1) is 16.9 Å². The van der Waals surface area contributed by atoms with Crippen molar-refractivity contribution < 1.29 is 18.0 Å². The molecule has 1 fully saturated rings. The van der Waals surface area contributed by atoms with Gasteiger partial charge in [-0.15, -0.1) is 0 Å². The first kappa shape index (κ1) is 19.6. The maximum Gasteiger partial charge on any atom is 0.416 e. The minimum absolute atomic E-state index is 0.225. The molecule has 25 heavy (non-hydrogen) atoms. The molecule has 1 aliphatic carbocycles. The van der Waals surface area contributed by atoms with Crippen molar-refractivity contribution in [2.45, 2.75) is 65.1 Å². The fraction of sp³-hybridized carbons (Fsp3) is 0.632. The number of amides is 1. The van der Waals surface area contributed by atoms with Gasteiger partial charge in [0, 0.05) is 18.5 Å². The molecule has 2 rings (SSSR count). The van der Waals surface area contributed by atoms with E-state index >= 15 is 0 Å². The van der Waals surface area contributed by atoms with Crippen molar-refractivity contribution in [1.29, 1.82) is 0 Å². The van der Waals surface area contributed by atoms with Crippen molar-refractivity contribution >= 4 is 17.3 Å². The lowest BCUT2D eigenvalue weighted by molar-refractivity contribution is -0.137. The van der Waals surface area contributed by atoms with Gasteiger partial charge < -0.3 is 10.2 Å². The zero-order valence-electron chi connectivity index (χ0n) is 15.3. The van der Waals surface area contributed by atoms with E-state index in [9.17, 15) is 18.0 Å². The third-order valence-electron chi connectivity index (χ3n) is 4.76. The summed E-state index contributed by atoms with van der Waals surface area (Å²) in [6.07, 6.45) is 1.04. The number of carbonyl (C=O) groups excluding carboxylic acids is 1. The Morgan fingerprint density at radius 1 is 1.12 bits per heavy atom. The van der Waals surface area contributed by atoms with Crippen LogP contribution in [0.25, 0.3) is 0 Å². The zero-order valence-corrected chi connectivity index (χ0v) is 15.3. The average molecular weight is 356 g/mol. The fourth-order valence-corrected chi connectivity index (χ4v) is 3.09. The Balaban J connectivity index is 2.38. The van der Waals surface area contributed by atoms with Gasteiger partial charge in [0.1, 0.15) is 0 Å². The fourth-order valence-electron chi connectivity index (χ4n) is 3.09. The molecule has 0 unspecified atom stereocenters. The van der Waals surface area contributed by atoms with Crippen molar-refractivity contribution in [2.24, 2.45) is 5.41 Å². The second-order valence-corrected chi connectivity index (χ2v) is 7.84. The number of carbonyl (C=O) groups is 1. The number of nitrogens with one attached hydrogen (secondary N) is 1. The molecule has 0 heterocycles. The molecule has 0 aliphatic heterocycles. The number of hydrogen-bond donors (Lipinski definition) is 1. The Morgan fingerprint density at radius 2 is 1.72 bits per heavy atom. The van der Waals surface area contributed by atoms with Crippen LogP contribution in [-0.2, 0) is 11.0 Å². The van der Waals surface area contributed by atoms with Crippen LogP contribution in [0.5, 0.6) is 0 Å². The third kappa shape index (κ3) is 4.89. The summed E-state index contributed by atoms with van der Waals surface area (Å²) in [5.74, 6) is -0.301. The number of hydrogen-bond acceptors (Lipinski definition) is 2. The molecule has 1 saturated carbocycles. The topological polar surface area (TPSA) is 32.3 Å². The minimum Gasteiger partial charge on any atom is -0.370 e. The van der Waals surface area contributed by atoms with Crippen molar-refractivity contribution in [2.75, 3.05) is 17.3 Å². The van der Waals surface area contributed by atoms with Gasteiger partial charge in [-0.25, -0.2) is 0 Å². The number of nitrogens with zero attached hydrogens (tertiary/aromatic N) is 1. The number of anilines is 2. The Labute approximate surface area is 147 Å². The monoisotopic (exact) mass is 356 g/mol. The molecule has 0 bridgehead atoms. The molecule has 1 aliphatic rings. The van der Waals surface area contributed by atoms with E-state index < -0.39 is 17.2 Å². The second kappa shape index (κ2) is 7.26. The van der Waals surface area contributed by atoms with Gasteiger partial charge in [0.25, 0.3) is 0 Å². The van der Waals surface area contributed by atoms with Crippen LogP contribution in [0, 0.1) is 5.41 Å². The van der Waals surface area contributed by atoms with Gasteiger partial charge in [-0.1, -0.05) is 40.0 Å². The summed E-state index contributed by atoms with van der Waals surface area (Å²) in [4.78, 5) is 14.3. The van der Waals surface area contributed by atoms with Gasteiger partial charge in [-0.05, 0) is 31.0 Å². The third-order valence-corrected chi connectivity index (χ3v) is 4.76. The molecule has 6 heteroatoms. The Morgan fingerprint density at radius 3 is 2.24 bits per heavy atom. The maximum atomic E-state index is 13.1. The van der Waals surface area contributed by atoms with Crippen LogP contribution in [0.3, 0.4) is 0 Å². The van der Waals surface area contributed by atoms with E-state index in [0.717, 1.165) is 37.8 Å². The maximum absolute atomic E-state index is 13.1. The highest BCUT2D eigenvalue weighted by Gasteiger charge is 2.32. The molecule has 0 saturated heterocycles. The molecule has 0 radical (unpaired) electrons. The SMILES string of the molecule is CN(c1ccc(C(F)(F)F)cc1NC(=O)C(C)(C)C)C1CCCCC1. The standard InChI is InChI=1S/C19H27F3N2O/c1-18(2,3)17(25)23-15-12-13(19(20,21)22)10-11-16(15)24(4)14-8-6-5-7-9-14/h10-12,14H,5-9H2,1-4H3,(H,23,25). The van der Waals surface area contributed by atoms with Crippen LogP contribution >= 0.6 is 0 Å². The number of halogens is 3. The quantitative estimate of drug-likeness (QED) is 0.780. The zero-order chi connectivity index (χ0) is 18.8. The van der Waals surface area contributed by atoms with Gasteiger partial charge in [0.2, 0.25) is 5.91 Å². The second-order valence-electron chi connectivity index (χ2n) is 7.84. The molecular weight excluding hydrogens is 329 g/mol. The molecule has 0 spiro atoms. The summed E-state index contributed by atoms with van der Waals surface area (Å²) < 4.78 is 39.3. The lowest BCUT2D eigenvalue weighted by Crippen LogP contribution is -2.35. The van der Waals surface area contributed by atoms with E-state index in [1.54, 1.807) is 20.8 Å². The van der Waals surface area contributed by atoms with Crippen LogP contribution in [0.4, 0.5) is 24.5 Å².